The normalized spacial score (nSPS) is 17.0. The highest BCUT2D eigenvalue weighted by molar-refractivity contribution is 9.10. The summed E-state index contributed by atoms with van der Waals surface area (Å²) in [5.41, 5.74) is 2.39. The highest BCUT2D eigenvalue weighted by atomic mass is 79.9. The first-order chi connectivity index (χ1) is 14.1. The molecule has 1 atom stereocenters. The Balaban J connectivity index is 1.47. The van der Waals surface area contributed by atoms with E-state index in [-0.39, 0.29) is 11.8 Å². The number of amides is 1. The number of rotatable bonds is 8. The molecule has 0 spiro atoms. The monoisotopic (exact) mass is 460 g/mol. The molecule has 0 aromatic heterocycles. The summed E-state index contributed by atoms with van der Waals surface area (Å²) in [4.78, 5) is 15.0. The van der Waals surface area contributed by atoms with Crippen LogP contribution in [0.2, 0.25) is 0 Å². The zero-order valence-electron chi connectivity index (χ0n) is 17.1. The number of carbonyl (C=O) groups excluding carboxylic acids is 1. The van der Waals surface area contributed by atoms with Crippen molar-refractivity contribution in [1.82, 2.24) is 10.2 Å². The molecule has 6 heteroatoms. The fourth-order valence-electron chi connectivity index (χ4n) is 3.77. The van der Waals surface area contributed by atoms with Crippen LogP contribution in [0, 0.1) is 5.92 Å². The lowest BCUT2D eigenvalue weighted by atomic mass is 9.96. The number of hydrogen-bond donors (Lipinski definition) is 1. The third kappa shape index (κ3) is 6.21. The first kappa shape index (κ1) is 21.7. The predicted octanol–water partition coefficient (Wildman–Crippen LogP) is 4.04. The van der Waals surface area contributed by atoms with Gasteiger partial charge in [0.05, 0.1) is 20.1 Å². The topological polar surface area (TPSA) is 50.8 Å². The molecule has 0 radical (unpaired) electrons. The van der Waals surface area contributed by atoms with Gasteiger partial charge in [-0.1, -0.05) is 34.1 Å². The van der Waals surface area contributed by atoms with Crippen LogP contribution in [0.5, 0.6) is 11.5 Å². The van der Waals surface area contributed by atoms with Crippen LogP contribution in [-0.2, 0) is 17.8 Å². The molecule has 2 aromatic carbocycles. The summed E-state index contributed by atoms with van der Waals surface area (Å²) in [7, 11) is 3.26. The Labute approximate surface area is 181 Å². The molecule has 1 heterocycles. The summed E-state index contributed by atoms with van der Waals surface area (Å²) in [6, 6.07) is 14.3. The van der Waals surface area contributed by atoms with Crippen molar-refractivity contribution in [1.29, 1.82) is 0 Å². The third-order valence-electron chi connectivity index (χ3n) is 5.36. The number of methoxy groups -OCH3 is 2. The molecule has 156 valence electrons. The maximum atomic E-state index is 12.7. The minimum atomic E-state index is 0.0598. The molecule has 29 heavy (non-hydrogen) atoms. The van der Waals surface area contributed by atoms with E-state index < -0.39 is 0 Å². The third-order valence-corrected chi connectivity index (χ3v) is 5.89. The summed E-state index contributed by atoms with van der Waals surface area (Å²) in [6.07, 6.45) is 2.78. The zero-order valence-corrected chi connectivity index (χ0v) is 18.7. The summed E-state index contributed by atoms with van der Waals surface area (Å²) < 4.78 is 11.7. The lowest BCUT2D eigenvalue weighted by molar-refractivity contribution is -0.126. The fraction of sp³-hybridized carbons (Fsp3) is 0.435. The van der Waals surface area contributed by atoms with Crippen molar-refractivity contribution in [2.24, 2.45) is 5.92 Å². The van der Waals surface area contributed by atoms with Gasteiger partial charge in [0.15, 0.2) is 11.5 Å². The summed E-state index contributed by atoms with van der Waals surface area (Å²) >= 11 is 3.48. The Bertz CT molecular complexity index is 810. The number of ether oxygens (including phenoxy) is 2. The van der Waals surface area contributed by atoms with E-state index in [4.69, 9.17) is 9.47 Å². The van der Waals surface area contributed by atoms with E-state index >= 15 is 0 Å². The number of hydrogen-bond acceptors (Lipinski definition) is 4. The summed E-state index contributed by atoms with van der Waals surface area (Å²) in [5.74, 6) is 1.65. The quantitative estimate of drug-likeness (QED) is 0.645. The van der Waals surface area contributed by atoms with Crippen LogP contribution in [0.4, 0.5) is 0 Å². The number of carbonyl (C=O) groups is 1. The van der Waals surface area contributed by atoms with Gasteiger partial charge >= 0.3 is 0 Å². The molecule has 5 nitrogen and oxygen atoms in total. The maximum Gasteiger partial charge on any atom is 0.224 e. The van der Waals surface area contributed by atoms with E-state index in [1.807, 2.05) is 18.2 Å². The highest BCUT2D eigenvalue weighted by Crippen LogP contribution is 2.27. The van der Waals surface area contributed by atoms with Gasteiger partial charge in [-0.25, -0.2) is 0 Å². The van der Waals surface area contributed by atoms with Crippen molar-refractivity contribution in [3.63, 3.8) is 0 Å². The summed E-state index contributed by atoms with van der Waals surface area (Å²) in [5, 5.41) is 3.11. The Hall–Kier alpha value is -2.05. The van der Waals surface area contributed by atoms with Gasteiger partial charge in [0.2, 0.25) is 5.91 Å². The molecular formula is C23H29BrN2O3. The van der Waals surface area contributed by atoms with Crippen molar-refractivity contribution >= 4 is 21.8 Å². The van der Waals surface area contributed by atoms with E-state index in [0.29, 0.717) is 18.0 Å². The predicted molar refractivity (Wildman–Crippen MR) is 118 cm³/mol. The van der Waals surface area contributed by atoms with Crippen molar-refractivity contribution in [3.05, 3.63) is 58.1 Å². The van der Waals surface area contributed by atoms with Gasteiger partial charge < -0.3 is 14.8 Å². The first-order valence-corrected chi connectivity index (χ1v) is 10.8. The lowest BCUT2D eigenvalue weighted by Gasteiger charge is -2.32. The lowest BCUT2D eigenvalue weighted by Crippen LogP contribution is -2.43. The Morgan fingerprint density at radius 3 is 2.55 bits per heavy atom. The van der Waals surface area contributed by atoms with Crippen molar-refractivity contribution < 1.29 is 14.3 Å². The molecule has 1 aliphatic rings. The van der Waals surface area contributed by atoms with E-state index in [1.165, 1.54) is 5.56 Å². The number of likely N-dealkylation sites (tertiary alicyclic amines) is 1. The van der Waals surface area contributed by atoms with Crippen LogP contribution >= 0.6 is 15.9 Å². The SMILES string of the molecule is COc1ccc(CCNC(=O)C2CCCN(Cc3ccc(Br)cc3)C2)cc1OC. The van der Waals surface area contributed by atoms with Gasteiger partial charge in [0, 0.05) is 24.1 Å². The Kier molecular flexibility index (Phi) is 7.95. The first-order valence-electron chi connectivity index (χ1n) is 10.0. The van der Waals surface area contributed by atoms with Crippen LogP contribution in [0.3, 0.4) is 0 Å². The highest BCUT2D eigenvalue weighted by Gasteiger charge is 2.25. The van der Waals surface area contributed by atoms with E-state index in [0.717, 1.165) is 48.9 Å². The van der Waals surface area contributed by atoms with Gasteiger partial charge in [-0.15, -0.1) is 0 Å². The molecule has 1 fully saturated rings. The number of nitrogens with zero attached hydrogens (tertiary/aromatic N) is 1. The molecule has 0 bridgehead atoms. The van der Waals surface area contributed by atoms with Crippen LogP contribution in [0.1, 0.15) is 24.0 Å². The Morgan fingerprint density at radius 2 is 1.83 bits per heavy atom. The minimum absolute atomic E-state index is 0.0598. The number of nitrogens with one attached hydrogen (secondary N) is 1. The van der Waals surface area contributed by atoms with Gasteiger partial charge in [0.1, 0.15) is 0 Å². The average molecular weight is 461 g/mol. The molecule has 2 aromatic rings. The second-order valence-electron chi connectivity index (χ2n) is 7.43. The van der Waals surface area contributed by atoms with E-state index in [2.05, 4.69) is 50.4 Å². The summed E-state index contributed by atoms with van der Waals surface area (Å²) in [6.45, 7) is 3.38. The van der Waals surface area contributed by atoms with Crippen LogP contribution in [0.25, 0.3) is 0 Å². The second-order valence-corrected chi connectivity index (χ2v) is 8.35. The van der Waals surface area contributed by atoms with E-state index in [9.17, 15) is 4.79 Å². The molecule has 1 unspecified atom stereocenters. The standard InChI is InChI=1S/C23H29BrN2O3/c1-28-21-10-7-17(14-22(21)29-2)11-12-25-23(27)19-4-3-13-26(16-19)15-18-5-8-20(24)9-6-18/h5-10,14,19H,3-4,11-13,15-16H2,1-2H3,(H,25,27). The van der Waals surface area contributed by atoms with Crippen molar-refractivity contribution in [3.8, 4) is 11.5 Å². The molecule has 1 N–H and O–H groups in total. The van der Waals surface area contributed by atoms with Crippen molar-refractivity contribution in [2.75, 3.05) is 33.9 Å². The average Bonchev–Trinajstić information content (AvgIpc) is 2.75. The number of halogens is 1. The Morgan fingerprint density at radius 1 is 1.10 bits per heavy atom. The molecule has 1 amide bonds. The van der Waals surface area contributed by atoms with Gasteiger partial charge in [-0.2, -0.15) is 0 Å². The van der Waals surface area contributed by atoms with Gasteiger partial charge in [-0.05, 0) is 61.2 Å². The maximum absolute atomic E-state index is 12.7. The fourth-order valence-corrected chi connectivity index (χ4v) is 4.04. The molecule has 3 rings (SSSR count). The number of piperidine rings is 1. The van der Waals surface area contributed by atoms with Crippen LogP contribution in [0.15, 0.2) is 46.9 Å². The zero-order chi connectivity index (χ0) is 20.6. The smallest absolute Gasteiger partial charge is 0.224 e. The minimum Gasteiger partial charge on any atom is -0.493 e. The van der Waals surface area contributed by atoms with Crippen LogP contribution < -0.4 is 14.8 Å². The largest absolute Gasteiger partial charge is 0.493 e. The second kappa shape index (κ2) is 10.6. The van der Waals surface area contributed by atoms with Gasteiger partial charge in [-0.3, -0.25) is 9.69 Å². The number of benzene rings is 2. The van der Waals surface area contributed by atoms with Crippen molar-refractivity contribution in [2.45, 2.75) is 25.8 Å². The molecular weight excluding hydrogens is 432 g/mol. The molecule has 1 saturated heterocycles. The van der Waals surface area contributed by atoms with E-state index in [1.54, 1.807) is 14.2 Å². The molecule has 1 aliphatic heterocycles. The van der Waals surface area contributed by atoms with Gasteiger partial charge in [0.25, 0.3) is 0 Å². The molecule has 0 aliphatic carbocycles. The molecule has 0 saturated carbocycles. The van der Waals surface area contributed by atoms with Crippen LogP contribution in [-0.4, -0.2) is 44.7 Å².